The summed E-state index contributed by atoms with van der Waals surface area (Å²) in [5, 5.41) is 24.2. The van der Waals surface area contributed by atoms with Gasteiger partial charge in [-0.15, -0.1) is 0 Å². The lowest BCUT2D eigenvalue weighted by molar-refractivity contribution is 0.0697. The predicted octanol–water partition coefficient (Wildman–Crippen LogP) is 4.95. The van der Waals surface area contributed by atoms with Crippen LogP contribution in [-0.4, -0.2) is 34.0 Å². The maximum Gasteiger partial charge on any atom is 0.335 e. The average Bonchev–Trinajstić information content (AvgIpc) is 2.79. The largest absolute Gasteiger partial charge is 0.505 e. The van der Waals surface area contributed by atoms with Crippen molar-refractivity contribution in [3.63, 3.8) is 0 Å². The van der Waals surface area contributed by atoms with E-state index in [4.69, 9.17) is 5.11 Å². The van der Waals surface area contributed by atoms with E-state index in [9.17, 15) is 9.90 Å². The number of aromatic carboxylic acids is 1. The molecule has 0 spiro atoms. The summed E-state index contributed by atoms with van der Waals surface area (Å²) in [6.07, 6.45) is 5.32. The van der Waals surface area contributed by atoms with E-state index in [1.54, 1.807) is 37.5 Å². The SMILES string of the molecule is C/C=C\C(=NC)NC(c1ccc(C(=O)O)cc1)c1ccc2cccnc2c1O.CC. The van der Waals surface area contributed by atoms with Crippen LogP contribution in [-0.2, 0) is 0 Å². The first kappa shape index (κ1) is 22.6. The van der Waals surface area contributed by atoms with E-state index in [0.29, 0.717) is 16.9 Å². The number of carboxylic acid groups (broad SMARTS) is 1. The van der Waals surface area contributed by atoms with Gasteiger partial charge in [-0.1, -0.05) is 50.3 Å². The number of carbonyl (C=O) groups is 1. The van der Waals surface area contributed by atoms with Gasteiger partial charge in [0.2, 0.25) is 0 Å². The fourth-order valence-electron chi connectivity index (χ4n) is 3.03. The Hall–Kier alpha value is -3.67. The van der Waals surface area contributed by atoms with Crippen molar-refractivity contribution < 1.29 is 15.0 Å². The molecule has 0 fully saturated rings. The molecule has 30 heavy (non-hydrogen) atoms. The van der Waals surface area contributed by atoms with Gasteiger partial charge in [-0.3, -0.25) is 9.98 Å². The lowest BCUT2D eigenvalue weighted by Crippen LogP contribution is -2.28. The molecular formula is C24H27N3O3. The molecule has 6 nitrogen and oxygen atoms in total. The molecule has 0 radical (unpaired) electrons. The van der Waals surface area contributed by atoms with E-state index >= 15 is 0 Å². The topological polar surface area (TPSA) is 94.8 Å². The summed E-state index contributed by atoms with van der Waals surface area (Å²) in [5.74, 6) is -0.275. The molecule has 2 aromatic carbocycles. The number of nitrogens with zero attached hydrogens (tertiary/aromatic N) is 2. The number of aromatic hydroxyl groups is 1. The second-order valence-electron chi connectivity index (χ2n) is 6.19. The molecule has 156 valence electrons. The van der Waals surface area contributed by atoms with Gasteiger partial charge in [-0.05, 0) is 36.8 Å². The van der Waals surface area contributed by atoms with Crippen molar-refractivity contribution in [1.29, 1.82) is 0 Å². The third-order valence-electron chi connectivity index (χ3n) is 4.44. The molecule has 0 aliphatic heterocycles. The van der Waals surface area contributed by atoms with Crippen LogP contribution in [0.2, 0.25) is 0 Å². The number of pyridine rings is 1. The Balaban J connectivity index is 0.00000155. The van der Waals surface area contributed by atoms with Crippen LogP contribution < -0.4 is 5.32 Å². The minimum Gasteiger partial charge on any atom is -0.505 e. The molecule has 0 saturated carbocycles. The lowest BCUT2D eigenvalue weighted by Gasteiger charge is -2.22. The molecule has 0 amide bonds. The Labute approximate surface area is 176 Å². The molecule has 1 atom stereocenters. The van der Waals surface area contributed by atoms with E-state index in [1.165, 1.54) is 0 Å². The number of allylic oxidation sites excluding steroid dienone is 1. The van der Waals surface area contributed by atoms with Crippen molar-refractivity contribution in [1.82, 2.24) is 10.3 Å². The third-order valence-corrected chi connectivity index (χ3v) is 4.44. The number of aromatic nitrogens is 1. The molecule has 0 aliphatic carbocycles. The smallest absolute Gasteiger partial charge is 0.335 e. The van der Waals surface area contributed by atoms with Crippen molar-refractivity contribution in [3.05, 3.63) is 83.6 Å². The molecular weight excluding hydrogens is 378 g/mol. The summed E-state index contributed by atoms with van der Waals surface area (Å²) in [4.78, 5) is 19.7. The number of fused-ring (bicyclic) bond motifs is 1. The maximum atomic E-state index is 11.2. The normalized spacial score (nSPS) is 12.3. The van der Waals surface area contributed by atoms with Crippen LogP contribution in [0.15, 0.2) is 71.9 Å². The quantitative estimate of drug-likeness (QED) is 0.412. The van der Waals surface area contributed by atoms with Gasteiger partial charge in [0.05, 0.1) is 11.6 Å². The summed E-state index contributed by atoms with van der Waals surface area (Å²) in [6.45, 7) is 5.89. The van der Waals surface area contributed by atoms with Crippen LogP contribution >= 0.6 is 0 Å². The van der Waals surface area contributed by atoms with Gasteiger partial charge in [-0.25, -0.2) is 4.79 Å². The first-order valence-electron chi connectivity index (χ1n) is 9.81. The highest BCUT2D eigenvalue weighted by Crippen LogP contribution is 2.34. The van der Waals surface area contributed by atoms with Crippen LogP contribution in [0.5, 0.6) is 5.75 Å². The van der Waals surface area contributed by atoms with E-state index in [1.807, 2.05) is 57.2 Å². The molecule has 6 heteroatoms. The van der Waals surface area contributed by atoms with E-state index in [-0.39, 0.29) is 11.3 Å². The fraction of sp³-hybridized carbons (Fsp3) is 0.208. The number of amidine groups is 1. The summed E-state index contributed by atoms with van der Waals surface area (Å²) >= 11 is 0. The minimum atomic E-state index is -0.987. The zero-order valence-electron chi connectivity index (χ0n) is 17.6. The number of phenolic OH excluding ortho intramolecular Hbond substituents is 1. The summed E-state index contributed by atoms with van der Waals surface area (Å²) in [7, 11) is 1.68. The number of nitrogens with one attached hydrogen (secondary N) is 1. The Morgan fingerprint density at radius 1 is 1.13 bits per heavy atom. The first-order chi connectivity index (χ1) is 14.5. The number of carboxylic acids is 1. The number of hydrogen-bond acceptors (Lipinski definition) is 4. The van der Waals surface area contributed by atoms with Gasteiger partial charge in [0.1, 0.15) is 17.1 Å². The zero-order valence-corrected chi connectivity index (χ0v) is 17.6. The number of phenols is 1. The molecule has 1 unspecified atom stereocenters. The predicted molar refractivity (Wildman–Crippen MR) is 121 cm³/mol. The molecule has 1 aromatic heterocycles. The van der Waals surface area contributed by atoms with Crippen molar-refractivity contribution in [2.75, 3.05) is 7.05 Å². The van der Waals surface area contributed by atoms with Crippen LogP contribution in [0.1, 0.15) is 48.3 Å². The second-order valence-corrected chi connectivity index (χ2v) is 6.19. The zero-order chi connectivity index (χ0) is 22.1. The van der Waals surface area contributed by atoms with Crippen molar-refractivity contribution in [2.45, 2.75) is 26.8 Å². The van der Waals surface area contributed by atoms with Gasteiger partial charge in [0.25, 0.3) is 0 Å². The van der Waals surface area contributed by atoms with Gasteiger partial charge in [0, 0.05) is 24.2 Å². The molecule has 1 heterocycles. The highest BCUT2D eigenvalue weighted by molar-refractivity contribution is 5.94. The van der Waals surface area contributed by atoms with Crippen molar-refractivity contribution in [3.8, 4) is 5.75 Å². The third kappa shape index (κ3) is 5.03. The first-order valence-corrected chi connectivity index (χ1v) is 9.81. The molecule has 3 N–H and O–H groups in total. The molecule has 0 bridgehead atoms. The van der Waals surface area contributed by atoms with Crippen LogP contribution in [0, 0.1) is 0 Å². The highest BCUT2D eigenvalue weighted by atomic mass is 16.4. The Bertz CT molecular complexity index is 1060. The number of aliphatic imine (C=N–C) groups is 1. The highest BCUT2D eigenvalue weighted by Gasteiger charge is 2.21. The molecule has 3 aromatic rings. The summed E-state index contributed by atoms with van der Waals surface area (Å²) < 4.78 is 0. The van der Waals surface area contributed by atoms with Crippen LogP contribution in [0.25, 0.3) is 10.9 Å². The summed E-state index contributed by atoms with van der Waals surface area (Å²) in [5.41, 5.74) is 2.13. The lowest BCUT2D eigenvalue weighted by atomic mass is 9.95. The number of rotatable bonds is 5. The van der Waals surface area contributed by atoms with Gasteiger partial charge < -0.3 is 15.5 Å². The second kappa shape index (κ2) is 10.8. The van der Waals surface area contributed by atoms with Gasteiger partial charge in [0.15, 0.2) is 0 Å². The Morgan fingerprint density at radius 3 is 2.43 bits per heavy atom. The Morgan fingerprint density at radius 2 is 1.83 bits per heavy atom. The van der Waals surface area contributed by atoms with Crippen molar-refractivity contribution in [2.24, 2.45) is 4.99 Å². The van der Waals surface area contributed by atoms with Crippen LogP contribution in [0.3, 0.4) is 0 Å². The Kier molecular flexibility index (Phi) is 8.11. The van der Waals surface area contributed by atoms with E-state index in [2.05, 4.69) is 15.3 Å². The standard InChI is InChI=1S/C22H21N3O3.C2H6/c1-3-5-18(23-2)25-19(15-7-9-16(10-8-15)22(27)28)17-12-11-14-6-4-13-24-20(14)21(17)26;1-2/h3-13,19,26H,1-2H3,(H,23,25)(H,27,28);1-2H3/b5-3-;. The molecule has 0 aliphatic rings. The average molecular weight is 405 g/mol. The van der Waals surface area contributed by atoms with Crippen LogP contribution in [0.4, 0.5) is 0 Å². The minimum absolute atomic E-state index is 0.0776. The van der Waals surface area contributed by atoms with Gasteiger partial charge in [-0.2, -0.15) is 0 Å². The monoisotopic (exact) mass is 405 g/mol. The van der Waals surface area contributed by atoms with E-state index in [0.717, 1.165) is 10.9 Å². The molecule has 3 rings (SSSR count). The number of benzene rings is 2. The molecule has 0 saturated heterocycles. The van der Waals surface area contributed by atoms with Crippen molar-refractivity contribution >= 4 is 22.7 Å². The maximum absolute atomic E-state index is 11.2. The fourth-order valence-corrected chi connectivity index (χ4v) is 3.03. The van der Waals surface area contributed by atoms with Gasteiger partial charge >= 0.3 is 5.97 Å². The summed E-state index contributed by atoms with van der Waals surface area (Å²) in [6, 6.07) is 13.5. The number of hydrogen-bond donors (Lipinski definition) is 3. The van der Waals surface area contributed by atoms with E-state index < -0.39 is 12.0 Å².